The number of aryl methyl sites for hydroxylation is 2. The number of benzene rings is 3. The van der Waals surface area contributed by atoms with E-state index in [9.17, 15) is 13.2 Å². The lowest BCUT2D eigenvalue weighted by molar-refractivity contribution is 0.0940. The summed E-state index contributed by atoms with van der Waals surface area (Å²) in [5.41, 5.74) is 5.01. The molecule has 0 fully saturated rings. The monoisotopic (exact) mass is 436 g/mol. The van der Waals surface area contributed by atoms with Gasteiger partial charge in [0.1, 0.15) is 0 Å². The van der Waals surface area contributed by atoms with Crippen molar-refractivity contribution in [2.24, 2.45) is 0 Å². The Kier molecular flexibility index (Phi) is 6.81. The van der Waals surface area contributed by atoms with Gasteiger partial charge in [-0.1, -0.05) is 48.5 Å². The molecular weight excluding hydrogens is 408 g/mol. The zero-order chi connectivity index (χ0) is 22.6. The number of nitrogens with zero attached hydrogens (tertiary/aromatic N) is 1. The molecule has 0 saturated carbocycles. The molecule has 3 rings (SSSR count). The maximum atomic E-state index is 12.6. The van der Waals surface area contributed by atoms with Gasteiger partial charge in [0.25, 0.3) is 5.91 Å². The third-order valence-electron chi connectivity index (χ3n) is 5.08. The van der Waals surface area contributed by atoms with Gasteiger partial charge in [-0.25, -0.2) is 8.42 Å². The van der Waals surface area contributed by atoms with Crippen LogP contribution in [0.25, 0.3) is 0 Å². The highest BCUT2D eigenvalue weighted by Gasteiger charge is 2.19. The average molecular weight is 437 g/mol. The van der Waals surface area contributed by atoms with E-state index in [2.05, 4.69) is 5.32 Å². The first-order valence-electron chi connectivity index (χ1n) is 10.1. The van der Waals surface area contributed by atoms with Crippen molar-refractivity contribution in [2.45, 2.75) is 33.4 Å². The van der Waals surface area contributed by atoms with Gasteiger partial charge in [0.2, 0.25) is 10.0 Å². The summed E-state index contributed by atoms with van der Waals surface area (Å²) in [4.78, 5) is 12.6. The molecule has 0 spiro atoms. The molecule has 31 heavy (non-hydrogen) atoms. The van der Waals surface area contributed by atoms with Crippen LogP contribution in [0.4, 0.5) is 5.69 Å². The fourth-order valence-corrected chi connectivity index (χ4v) is 4.40. The van der Waals surface area contributed by atoms with Crippen LogP contribution in [0, 0.1) is 13.8 Å². The Balaban J connectivity index is 1.75. The summed E-state index contributed by atoms with van der Waals surface area (Å²) in [7, 11) is -3.47. The largest absolute Gasteiger partial charge is 0.346 e. The SMILES string of the molecule is Cc1cc(C)cc(N(Cc2ccc(C(=O)NC(C)c3ccccc3)cc2)S(C)(=O)=O)c1. The Morgan fingerprint density at radius 2 is 1.52 bits per heavy atom. The first-order valence-corrected chi connectivity index (χ1v) is 12.0. The minimum atomic E-state index is -3.47. The number of hydrogen-bond donors (Lipinski definition) is 1. The van der Waals surface area contributed by atoms with Gasteiger partial charge in [0.05, 0.1) is 24.5 Å². The third-order valence-corrected chi connectivity index (χ3v) is 6.22. The van der Waals surface area contributed by atoms with Crippen LogP contribution in [-0.2, 0) is 16.6 Å². The molecule has 6 heteroatoms. The number of hydrogen-bond acceptors (Lipinski definition) is 3. The first kappa shape index (κ1) is 22.6. The number of sulfonamides is 1. The molecule has 1 atom stereocenters. The van der Waals surface area contributed by atoms with Crippen LogP contribution in [-0.4, -0.2) is 20.6 Å². The average Bonchev–Trinajstić information content (AvgIpc) is 2.71. The Hall–Kier alpha value is -3.12. The summed E-state index contributed by atoms with van der Waals surface area (Å²) in [6.07, 6.45) is 1.21. The van der Waals surface area contributed by atoms with Crippen molar-refractivity contribution < 1.29 is 13.2 Å². The summed E-state index contributed by atoms with van der Waals surface area (Å²) in [5.74, 6) is -0.169. The van der Waals surface area contributed by atoms with E-state index in [0.29, 0.717) is 11.3 Å². The van der Waals surface area contributed by atoms with Crippen LogP contribution in [0.3, 0.4) is 0 Å². The van der Waals surface area contributed by atoms with Crippen LogP contribution < -0.4 is 9.62 Å². The molecule has 0 aliphatic rings. The van der Waals surface area contributed by atoms with E-state index in [-0.39, 0.29) is 18.5 Å². The fraction of sp³-hybridized carbons (Fsp3) is 0.240. The minimum Gasteiger partial charge on any atom is -0.346 e. The Morgan fingerprint density at radius 1 is 0.935 bits per heavy atom. The summed E-state index contributed by atoms with van der Waals surface area (Å²) in [6, 6.07) is 22.4. The van der Waals surface area contributed by atoms with E-state index in [1.54, 1.807) is 24.3 Å². The highest BCUT2D eigenvalue weighted by Crippen LogP contribution is 2.24. The molecular formula is C25H28N2O3S. The summed E-state index contributed by atoms with van der Waals surface area (Å²) in [5, 5.41) is 2.99. The van der Waals surface area contributed by atoms with Crippen molar-refractivity contribution in [3.63, 3.8) is 0 Å². The fourth-order valence-electron chi connectivity index (χ4n) is 3.53. The second kappa shape index (κ2) is 9.35. The first-order chi connectivity index (χ1) is 14.6. The zero-order valence-electron chi connectivity index (χ0n) is 18.3. The van der Waals surface area contributed by atoms with Crippen molar-refractivity contribution in [3.05, 3.63) is 101 Å². The molecule has 0 radical (unpaired) electrons. The van der Waals surface area contributed by atoms with Crippen molar-refractivity contribution in [1.82, 2.24) is 5.32 Å². The molecule has 0 aliphatic carbocycles. The van der Waals surface area contributed by atoms with Crippen molar-refractivity contribution in [3.8, 4) is 0 Å². The van der Waals surface area contributed by atoms with Crippen LogP contribution >= 0.6 is 0 Å². The number of amides is 1. The lowest BCUT2D eigenvalue weighted by Gasteiger charge is -2.23. The van der Waals surface area contributed by atoms with Crippen molar-refractivity contribution >= 4 is 21.6 Å². The van der Waals surface area contributed by atoms with Gasteiger partial charge in [-0.05, 0) is 67.3 Å². The highest BCUT2D eigenvalue weighted by atomic mass is 32.2. The summed E-state index contributed by atoms with van der Waals surface area (Å²) >= 11 is 0. The number of nitrogens with one attached hydrogen (secondary N) is 1. The van der Waals surface area contributed by atoms with Crippen LogP contribution in [0.5, 0.6) is 0 Å². The quantitative estimate of drug-likeness (QED) is 0.581. The number of rotatable bonds is 7. The predicted octanol–water partition coefficient (Wildman–Crippen LogP) is 4.76. The number of carbonyl (C=O) groups excluding carboxylic acids is 1. The van der Waals surface area contributed by atoms with Crippen LogP contribution in [0.15, 0.2) is 72.8 Å². The molecule has 0 saturated heterocycles. The highest BCUT2D eigenvalue weighted by molar-refractivity contribution is 7.92. The lowest BCUT2D eigenvalue weighted by Crippen LogP contribution is -2.29. The van der Waals surface area contributed by atoms with E-state index in [4.69, 9.17) is 0 Å². The van der Waals surface area contributed by atoms with Gasteiger partial charge < -0.3 is 5.32 Å². The molecule has 1 N–H and O–H groups in total. The molecule has 1 unspecified atom stereocenters. The summed E-state index contributed by atoms with van der Waals surface area (Å²) in [6.45, 7) is 6.03. The Bertz CT molecular complexity index is 1140. The molecule has 0 heterocycles. The van der Waals surface area contributed by atoms with Gasteiger partial charge >= 0.3 is 0 Å². The molecule has 0 aliphatic heterocycles. The van der Waals surface area contributed by atoms with Crippen molar-refractivity contribution in [1.29, 1.82) is 0 Å². The second-order valence-electron chi connectivity index (χ2n) is 7.92. The van der Waals surface area contributed by atoms with Gasteiger partial charge in [-0.3, -0.25) is 9.10 Å². The predicted molar refractivity (Wildman–Crippen MR) is 126 cm³/mol. The second-order valence-corrected chi connectivity index (χ2v) is 9.83. The maximum absolute atomic E-state index is 12.6. The van der Waals surface area contributed by atoms with Gasteiger partial charge in [-0.2, -0.15) is 0 Å². The van der Waals surface area contributed by atoms with Gasteiger partial charge in [0, 0.05) is 5.56 Å². The number of carbonyl (C=O) groups is 1. The third kappa shape index (κ3) is 5.95. The van der Waals surface area contributed by atoms with E-state index in [1.165, 1.54) is 10.6 Å². The van der Waals surface area contributed by atoms with Gasteiger partial charge in [0.15, 0.2) is 0 Å². The van der Waals surface area contributed by atoms with E-state index >= 15 is 0 Å². The topological polar surface area (TPSA) is 66.5 Å². The Labute approximate surface area is 184 Å². The standard InChI is InChI=1S/C25H28N2O3S/c1-18-14-19(2)16-24(15-18)27(31(4,29)30)17-21-10-12-23(13-11-21)25(28)26-20(3)22-8-6-5-7-9-22/h5-16,20H,17H2,1-4H3,(H,26,28). The molecule has 162 valence electrons. The molecule has 1 amide bonds. The van der Waals surface area contributed by atoms with E-state index in [1.807, 2.05) is 69.3 Å². The van der Waals surface area contributed by atoms with Gasteiger partial charge in [-0.15, -0.1) is 0 Å². The molecule has 3 aromatic rings. The zero-order valence-corrected chi connectivity index (χ0v) is 19.1. The Morgan fingerprint density at radius 3 is 2.06 bits per heavy atom. The molecule has 0 bridgehead atoms. The number of anilines is 1. The van der Waals surface area contributed by atoms with Crippen LogP contribution in [0.1, 0.15) is 45.6 Å². The maximum Gasteiger partial charge on any atom is 0.251 e. The normalized spacial score (nSPS) is 12.3. The van der Waals surface area contributed by atoms with E-state index in [0.717, 1.165) is 22.3 Å². The summed E-state index contributed by atoms with van der Waals surface area (Å²) < 4.78 is 26.3. The van der Waals surface area contributed by atoms with Crippen molar-refractivity contribution in [2.75, 3.05) is 10.6 Å². The smallest absolute Gasteiger partial charge is 0.251 e. The van der Waals surface area contributed by atoms with Crippen LogP contribution in [0.2, 0.25) is 0 Å². The molecule has 3 aromatic carbocycles. The molecule has 5 nitrogen and oxygen atoms in total. The van der Waals surface area contributed by atoms with E-state index < -0.39 is 10.0 Å². The lowest BCUT2D eigenvalue weighted by atomic mass is 10.1. The minimum absolute atomic E-state index is 0.112. The molecule has 0 aromatic heterocycles.